The molecule has 82 valence electrons. The lowest BCUT2D eigenvalue weighted by Gasteiger charge is -2.08. The van der Waals surface area contributed by atoms with Crippen molar-refractivity contribution in [2.75, 3.05) is 12.3 Å². The van der Waals surface area contributed by atoms with Gasteiger partial charge in [0.1, 0.15) is 5.75 Å². The van der Waals surface area contributed by atoms with Crippen LogP contribution in [0.15, 0.2) is 12.2 Å². The molecule has 0 saturated carbocycles. The van der Waals surface area contributed by atoms with Crippen LogP contribution in [0.5, 0.6) is 0 Å². The van der Waals surface area contributed by atoms with E-state index in [1.807, 2.05) is 0 Å². The summed E-state index contributed by atoms with van der Waals surface area (Å²) >= 11 is 0. The SMILES string of the molecule is CC=CC(=O)NCC(O)CS(=O)(=O)O. The van der Waals surface area contributed by atoms with E-state index in [0.29, 0.717) is 0 Å². The van der Waals surface area contributed by atoms with Crippen molar-refractivity contribution in [2.24, 2.45) is 0 Å². The van der Waals surface area contributed by atoms with Crippen LogP contribution in [0.2, 0.25) is 0 Å². The monoisotopic (exact) mass is 223 g/mol. The van der Waals surface area contributed by atoms with Gasteiger partial charge in [0.15, 0.2) is 0 Å². The van der Waals surface area contributed by atoms with Crippen LogP contribution in [0, 0.1) is 0 Å². The van der Waals surface area contributed by atoms with Gasteiger partial charge in [-0.1, -0.05) is 6.08 Å². The van der Waals surface area contributed by atoms with Crippen molar-refractivity contribution in [3.05, 3.63) is 12.2 Å². The average molecular weight is 223 g/mol. The van der Waals surface area contributed by atoms with Crippen molar-refractivity contribution in [3.8, 4) is 0 Å². The van der Waals surface area contributed by atoms with Gasteiger partial charge in [-0.3, -0.25) is 9.35 Å². The maximum absolute atomic E-state index is 10.8. The Labute approximate surface area is 82.4 Å². The van der Waals surface area contributed by atoms with E-state index in [2.05, 4.69) is 5.32 Å². The molecule has 0 bridgehead atoms. The number of hydrogen-bond donors (Lipinski definition) is 3. The van der Waals surface area contributed by atoms with E-state index in [-0.39, 0.29) is 6.54 Å². The summed E-state index contributed by atoms with van der Waals surface area (Å²) in [4.78, 5) is 10.8. The number of carbonyl (C=O) groups excluding carboxylic acids is 1. The van der Waals surface area contributed by atoms with Crippen molar-refractivity contribution in [1.29, 1.82) is 0 Å². The van der Waals surface area contributed by atoms with Gasteiger partial charge in [-0.05, 0) is 13.0 Å². The molecule has 14 heavy (non-hydrogen) atoms. The molecule has 1 amide bonds. The minimum Gasteiger partial charge on any atom is -0.390 e. The zero-order valence-corrected chi connectivity index (χ0v) is 8.49. The maximum atomic E-state index is 10.8. The summed E-state index contributed by atoms with van der Waals surface area (Å²) in [5.74, 6) is -1.22. The Morgan fingerprint density at radius 2 is 2.14 bits per heavy atom. The van der Waals surface area contributed by atoms with Gasteiger partial charge < -0.3 is 10.4 Å². The molecule has 0 heterocycles. The summed E-state index contributed by atoms with van der Waals surface area (Å²) in [6.07, 6.45) is 1.43. The van der Waals surface area contributed by atoms with Gasteiger partial charge in [0.25, 0.3) is 10.1 Å². The first-order chi connectivity index (χ1) is 6.35. The molecule has 0 spiro atoms. The third-order valence-corrected chi connectivity index (χ3v) is 2.04. The zero-order valence-electron chi connectivity index (χ0n) is 7.67. The molecule has 0 rings (SSSR count). The highest BCUT2D eigenvalue weighted by molar-refractivity contribution is 7.85. The Morgan fingerprint density at radius 1 is 1.57 bits per heavy atom. The number of allylic oxidation sites excluding steroid dienone is 1. The number of aliphatic hydroxyl groups excluding tert-OH is 1. The van der Waals surface area contributed by atoms with E-state index in [9.17, 15) is 13.2 Å². The first-order valence-electron chi connectivity index (χ1n) is 3.89. The molecule has 3 N–H and O–H groups in total. The fourth-order valence-corrected chi connectivity index (χ4v) is 1.33. The fraction of sp³-hybridized carbons (Fsp3) is 0.571. The second-order valence-corrected chi connectivity index (χ2v) is 4.14. The molecule has 1 atom stereocenters. The number of carbonyl (C=O) groups is 1. The first kappa shape index (κ1) is 13.1. The summed E-state index contributed by atoms with van der Waals surface area (Å²) in [6, 6.07) is 0. The van der Waals surface area contributed by atoms with E-state index in [4.69, 9.17) is 9.66 Å². The van der Waals surface area contributed by atoms with Crippen LogP contribution < -0.4 is 5.32 Å². The lowest BCUT2D eigenvalue weighted by molar-refractivity contribution is -0.116. The molecular weight excluding hydrogens is 210 g/mol. The lowest BCUT2D eigenvalue weighted by Crippen LogP contribution is -2.35. The largest absolute Gasteiger partial charge is 0.390 e. The van der Waals surface area contributed by atoms with E-state index >= 15 is 0 Å². The van der Waals surface area contributed by atoms with Gasteiger partial charge >= 0.3 is 0 Å². The van der Waals surface area contributed by atoms with Gasteiger partial charge in [-0.15, -0.1) is 0 Å². The van der Waals surface area contributed by atoms with Gasteiger partial charge in [-0.25, -0.2) is 0 Å². The first-order valence-corrected chi connectivity index (χ1v) is 5.50. The topological polar surface area (TPSA) is 104 Å². The van der Waals surface area contributed by atoms with E-state index in [0.717, 1.165) is 0 Å². The molecule has 0 fully saturated rings. The molecule has 0 aliphatic rings. The predicted molar refractivity (Wildman–Crippen MR) is 50.2 cm³/mol. The minimum absolute atomic E-state index is 0.219. The number of nitrogens with one attached hydrogen (secondary N) is 1. The Bertz CT molecular complexity index is 308. The van der Waals surface area contributed by atoms with Crippen LogP contribution in [-0.2, 0) is 14.9 Å². The molecule has 6 nitrogen and oxygen atoms in total. The van der Waals surface area contributed by atoms with Crippen molar-refractivity contribution in [2.45, 2.75) is 13.0 Å². The van der Waals surface area contributed by atoms with Gasteiger partial charge in [0.2, 0.25) is 5.91 Å². The molecule has 0 saturated heterocycles. The van der Waals surface area contributed by atoms with Crippen molar-refractivity contribution < 1.29 is 22.9 Å². The van der Waals surface area contributed by atoms with E-state index in [1.165, 1.54) is 12.2 Å². The van der Waals surface area contributed by atoms with Gasteiger partial charge in [-0.2, -0.15) is 8.42 Å². The number of amides is 1. The van der Waals surface area contributed by atoms with Crippen molar-refractivity contribution in [1.82, 2.24) is 5.32 Å². The molecule has 0 aromatic rings. The highest BCUT2D eigenvalue weighted by atomic mass is 32.2. The lowest BCUT2D eigenvalue weighted by atomic mass is 10.4. The molecule has 0 aliphatic heterocycles. The van der Waals surface area contributed by atoms with Gasteiger partial charge in [0.05, 0.1) is 6.10 Å². The summed E-state index contributed by atoms with van der Waals surface area (Å²) in [5, 5.41) is 11.3. The normalized spacial score (nSPS) is 14.2. The van der Waals surface area contributed by atoms with E-state index < -0.39 is 27.9 Å². The van der Waals surface area contributed by atoms with Gasteiger partial charge in [0, 0.05) is 6.54 Å². The van der Waals surface area contributed by atoms with Crippen molar-refractivity contribution in [3.63, 3.8) is 0 Å². The fourth-order valence-electron chi connectivity index (χ4n) is 0.731. The van der Waals surface area contributed by atoms with Crippen LogP contribution in [0.1, 0.15) is 6.92 Å². The Hall–Kier alpha value is -0.920. The van der Waals surface area contributed by atoms with Crippen LogP contribution in [0.3, 0.4) is 0 Å². The van der Waals surface area contributed by atoms with E-state index in [1.54, 1.807) is 6.92 Å². The standard InChI is InChI=1S/C7H13NO5S/c1-2-3-7(10)8-4-6(9)5-14(11,12)13/h2-3,6,9H,4-5H2,1H3,(H,8,10)(H,11,12,13). The Balaban J connectivity index is 3.86. The van der Waals surface area contributed by atoms with Crippen LogP contribution in [0.4, 0.5) is 0 Å². The second-order valence-electron chi connectivity index (χ2n) is 2.65. The highest BCUT2D eigenvalue weighted by Gasteiger charge is 2.13. The summed E-state index contributed by atoms with van der Waals surface area (Å²) in [6.45, 7) is 1.43. The van der Waals surface area contributed by atoms with Crippen LogP contribution >= 0.6 is 0 Å². The Morgan fingerprint density at radius 3 is 2.57 bits per heavy atom. The molecule has 0 radical (unpaired) electrons. The molecule has 0 aromatic heterocycles. The number of rotatable bonds is 5. The number of hydrogen-bond acceptors (Lipinski definition) is 4. The summed E-state index contributed by atoms with van der Waals surface area (Å²) in [5.41, 5.74) is 0. The molecule has 0 aromatic carbocycles. The van der Waals surface area contributed by atoms with Crippen LogP contribution in [-0.4, -0.2) is 42.4 Å². The summed E-state index contributed by atoms with van der Waals surface area (Å²) < 4.78 is 28.9. The average Bonchev–Trinajstić information content (AvgIpc) is 1.98. The second kappa shape index (κ2) is 5.74. The highest BCUT2D eigenvalue weighted by Crippen LogP contribution is 1.89. The molecule has 1 unspecified atom stereocenters. The molecule has 7 heteroatoms. The number of aliphatic hydroxyl groups is 1. The Kier molecular flexibility index (Phi) is 5.36. The molecule has 0 aliphatic carbocycles. The van der Waals surface area contributed by atoms with Crippen LogP contribution in [0.25, 0.3) is 0 Å². The summed E-state index contributed by atoms with van der Waals surface area (Å²) in [7, 11) is -4.20. The molecular formula is C7H13NO5S. The predicted octanol–water partition coefficient (Wildman–Crippen LogP) is -1.07. The maximum Gasteiger partial charge on any atom is 0.267 e. The smallest absolute Gasteiger partial charge is 0.267 e. The zero-order chi connectivity index (χ0) is 11.2. The third kappa shape index (κ3) is 7.71. The third-order valence-electron chi connectivity index (χ3n) is 1.23. The van der Waals surface area contributed by atoms with Crippen molar-refractivity contribution >= 4 is 16.0 Å². The minimum atomic E-state index is -4.20. The quantitative estimate of drug-likeness (QED) is 0.406.